The lowest BCUT2D eigenvalue weighted by Gasteiger charge is -2.29. The van der Waals surface area contributed by atoms with Crippen molar-refractivity contribution >= 4 is 10.0 Å². The van der Waals surface area contributed by atoms with E-state index in [2.05, 4.69) is 4.72 Å². The van der Waals surface area contributed by atoms with Crippen LogP contribution in [0.2, 0.25) is 0 Å². The lowest BCUT2D eigenvalue weighted by molar-refractivity contribution is 0.0185. The van der Waals surface area contributed by atoms with E-state index in [1.165, 1.54) is 6.07 Å². The van der Waals surface area contributed by atoms with E-state index >= 15 is 0 Å². The van der Waals surface area contributed by atoms with Gasteiger partial charge in [-0.15, -0.1) is 0 Å². The molecule has 1 unspecified atom stereocenters. The van der Waals surface area contributed by atoms with E-state index in [9.17, 15) is 13.5 Å². The third kappa shape index (κ3) is 3.92. The molecule has 1 aliphatic carbocycles. The first kappa shape index (κ1) is 18.9. The Bertz CT molecular complexity index is 863. The first-order valence-electron chi connectivity index (χ1n) is 8.88. The molecule has 140 valence electrons. The molecule has 1 atom stereocenters. The number of benzene rings is 2. The van der Waals surface area contributed by atoms with Crippen molar-refractivity contribution in [1.82, 2.24) is 4.72 Å². The average molecular weight is 375 g/mol. The van der Waals surface area contributed by atoms with E-state index in [0.717, 1.165) is 24.0 Å². The van der Waals surface area contributed by atoms with Crippen LogP contribution < -0.4 is 9.46 Å². The summed E-state index contributed by atoms with van der Waals surface area (Å²) in [5, 5.41) is 11.2. The van der Waals surface area contributed by atoms with Gasteiger partial charge in [0.15, 0.2) is 0 Å². The fourth-order valence-electron chi connectivity index (χ4n) is 3.16. The minimum absolute atomic E-state index is 0.0454. The van der Waals surface area contributed by atoms with Gasteiger partial charge in [0.25, 0.3) is 0 Å². The molecule has 0 saturated heterocycles. The van der Waals surface area contributed by atoms with Crippen LogP contribution in [0.25, 0.3) is 0 Å². The number of hydrogen-bond acceptors (Lipinski definition) is 4. The summed E-state index contributed by atoms with van der Waals surface area (Å²) in [6.07, 6.45) is 1.80. The molecule has 0 spiro atoms. The quantitative estimate of drug-likeness (QED) is 0.744. The Morgan fingerprint density at radius 2 is 1.88 bits per heavy atom. The normalized spacial score (nSPS) is 16.9. The maximum absolute atomic E-state index is 12.7. The molecule has 1 fully saturated rings. The van der Waals surface area contributed by atoms with Crippen molar-refractivity contribution < 1.29 is 18.3 Å². The smallest absolute Gasteiger partial charge is 0.240 e. The van der Waals surface area contributed by atoms with Gasteiger partial charge >= 0.3 is 0 Å². The Morgan fingerprint density at radius 1 is 1.19 bits per heavy atom. The maximum Gasteiger partial charge on any atom is 0.240 e. The Morgan fingerprint density at radius 3 is 2.46 bits per heavy atom. The number of hydrogen-bond donors (Lipinski definition) is 2. The highest BCUT2D eigenvalue weighted by molar-refractivity contribution is 7.89. The van der Waals surface area contributed by atoms with Gasteiger partial charge in [0.1, 0.15) is 11.4 Å². The molecule has 0 radical (unpaired) electrons. The Labute approximate surface area is 155 Å². The maximum atomic E-state index is 12.7. The summed E-state index contributed by atoms with van der Waals surface area (Å²) in [4.78, 5) is 0.171. The zero-order valence-corrected chi connectivity index (χ0v) is 15.9. The number of ether oxygens (including phenoxy) is 1. The van der Waals surface area contributed by atoms with Crippen molar-refractivity contribution in [2.24, 2.45) is 5.92 Å². The summed E-state index contributed by atoms with van der Waals surface area (Å²) in [6, 6.07) is 14.0. The van der Waals surface area contributed by atoms with Crippen LogP contribution in [0.5, 0.6) is 5.75 Å². The van der Waals surface area contributed by atoms with Gasteiger partial charge < -0.3 is 9.84 Å². The topological polar surface area (TPSA) is 75.6 Å². The highest BCUT2D eigenvalue weighted by atomic mass is 32.2. The molecule has 0 bridgehead atoms. The second-order valence-electron chi connectivity index (χ2n) is 6.75. The third-order valence-electron chi connectivity index (χ3n) is 4.81. The molecular weight excluding hydrogens is 350 g/mol. The van der Waals surface area contributed by atoms with E-state index < -0.39 is 15.6 Å². The van der Waals surface area contributed by atoms with Crippen molar-refractivity contribution in [2.75, 3.05) is 13.2 Å². The van der Waals surface area contributed by atoms with Crippen molar-refractivity contribution in [3.05, 3.63) is 59.7 Å². The highest BCUT2D eigenvalue weighted by Crippen LogP contribution is 2.45. The molecule has 2 aromatic carbocycles. The van der Waals surface area contributed by atoms with Gasteiger partial charge in [0, 0.05) is 6.54 Å². The summed E-state index contributed by atoms with van der Waals surface area (Å²) in [6.45, 7) is 4.18. The summed E-state index contributed by atoms with van der Waals surface area (Å²) in [5.74, 6) is 0.750. The number of aryl methyl sites for hydroxylation is 1. The molecule has 0 heterocycles. The van der Waals surface area contributed by atoms with Crippen LogP contribution in [0.4, 0.5) is 0 Å². The van der Waals surface area contributed by atoms with E-state index in [1.807, 2.05) is 44.2 Å². The van der Waals surface area contributed by atoms with Gasteiger partial charge in [0.05, 0.1) is 11.5 Å². The zero-order valence-electron chi connectivity index (χ0n) is 15.1. The molecule has 1 aliphatic rings. The van der Waals surface area contributed by atoms with Crippen LogP contribution in [0, 0.1) is 12.8 Å². The highest BCUT2D eigenvalue weighted by Gasteiger charge is 2.45. The molecule has 5 nitrogen and oxygen atoms in total. The van der Waals surface area contributed by atoms with Crippen LogP contribution in [-0.4, -0.2) is 26.7 Å². The average Bonchev–Trinajstić information content (AvgIpc) is 3.48. The molecule has 0 aliphatic heterocycles. The predicted octanol–water partition coefficient (Wildman–Crippen LogP) is 2.97. The van der Waals surface area contributed by atoms with Gasteiger partial charge in [-0.3, -0.25) is 0 Å². The number of sulfonamides is 1. The first-order chi connectivity index (χ1) is 12.4. The summed E-state index contributed by atoms with van der Waals surface area (Å²) in [5.41, 5.74) is 0.317. The number of aliphatic hydroxyl groups is 1. The molecule has 2 N–H and O–H groups in total. The standard InChI is InChI=1S/C20H25NO4S/c1-3-25-19-12-11-18(13-15(19)2)26(23,24)21-14-20(22,17-9-10-17)16-7-5-4-6-8-16/h4-8,11-13,17,21-22H,3,9-10,14H2,1-2H3. The molecule has 0 aromatic heterocycles. The van der Waals surface area contributed by atoms with Crippen LogP contribution in [-0.2, 0) is 15.6 Å². The van der Waals surface area contributed by atoms with Gasteiger partial charge in [0.2, 0.25) is 10.0 Å². The monoisotopic (exact) mass is 375 g/mol. The Hall–Kier alpha value is -1.89. The summed E-state index contributed by atoms with van der Waals surface area (Å²) < 4.78 is 33.5. The van der Waals surface area contributed by atoms with Gasteiger partial charge in [-0.25, -0.2) is 13.1 Å². The second-order valence-corrected chi connectivity index (χ2v) is 8.52. The minimum Gasteiger partial charge on any atom is -0.494 e. The van der Waals surface area contributed by atoms with Crippen molar-refractivity contribution in [1.29, 1.82) is 0 Å². The minimum atomic E-state index is -3.73. The van der Waals surface area contributed by atoms with Gasteiger partial charge in [-0.05, 0) is 61.9 Å². The van der Waals surface area contributed by atoms with Crippen LogP contribution in [0.3, 0.4) is 0 Å². The molecule has 26 heavy (non-hydrogen) atoms. The predicted molar refractivity (Wildman–Crippen MR) is 101 cm³/mol. The second kappa shape index (κ2) is 7.39. The van der Waals surface area contributed by atoms with E-state index in [0.29, 0.717) is 12.4 Å². The third-order valence-corrected chi connectivity index (χ3v) is 6.21. The largest absolute Gasteiger partial charge is 0.494 e. The Kier molecular flexibility index (Phi) is 5.37. The van der Waals surface area contributed by atoms with E-state index in [-0.39, 0.29) is 17.4 Å². The van der Waals surface area contributed by atoms with E-state index in [4.69, 9.17) is 4.74 Å². The SMILES string of the molecule is CCOc1ccc(S(=O)(=O)NCC(O)(c2ccccc2)C2CC2)cc1C. The molecule has 2 aromatic rings. The van der Waals surface area contributed by atoms with Crippen molar-refractivity contribution in [3.8, 4) is 5.75 Å². The van der Waals surface area contributed by atoms with Crippen molar-refractivity contribution in [2.45, 2.75) is 37.2 Å². The van der Waals surface area contributed by atoms with E-state index in [1.54, 1.807) is 12.1 Å². The van der Waals surface area contributed by atoms with Crippen LogP contribution >= 0.6 is 0 Å². The molecule has 3 rings (SSSR count). The lowest BCUT2D eigenvalue weighted by atomic mass is 9.89. The Balaban J connectivity index is 1.80. The van der Waals surface area contributed by atoms with Gasteiger partial charge in [-0.1, -0.05) is 30.3 Å². The molecule has 6 heteroatoms. The van der Waals surface area contributed by atoms with Crippen LogP contribution in [0.15, 0.2) is 53.4 Å². The fraction of sp³-hybridized carbons (Fsp3) is 0.400. The fourth-order valence-corrected chi connectivity index (χ4v) is 4.32. The molecular formula is C20H25NO4S. The first-order valence-corrected chi connectivity index (χ1v) is 10.4. The van der Waals surface area contributed by atoms with Crippen LogP contribution in [0.1, 0.15) is 30.9 Å². The number of nitrogens with one attached hydrogen (secondary N) is 1. The number of rotatable bonds is 8. The summed E-state index contributed by atoms with van der Waals surface area (Å²) in [7, 11) is -3.73. The van der Waals surface area contributed by atoms with Gasteiger partial charge in [-0.2, -0.15) is 0 Å². The summed E-state index contributed by atoms with van der Waals surface area (Å²) >= 11 is 0. The molecule has 0 amide bonds. The molecule has 1 saturated carbocycles. The zero-order chi connectivity index (χ0) is 18.8. The lowest BCUT2D eigenvalue weighted by Crippen LogP contribution is -2.42. The van der Waals surface area contributed by atoms with Crippen molar-refractivity contribution in [3.63, 3.8) is 0 Å².